The van der Waals surface area contributed by atoms with Crippen LogP contribution in [-0.2, 0) is 0 Å². The van der Waals surface area contributed by atoms with Crippen molar-refractivity contribution < 1.29 is 9.77 Å². The minimum absolute atomic E-state index is 0.0707. The first-order valence-electron chi connectivity index (χ1n) is 4.67. The molecule has 0 amide bonds. The van der Waals surface area contributed by atoms with Gasteiger partial charge in [-0.1, -0.05) is 0 Å². The second-order valence-corrected chi connectivity index (χ2v) is 3.22. The van der Waals surface area contributed by atoms with Crippen LogP contribution in [0, 0.1) is 31.8 Å². The lowest BCUT2D eigenvalue weighted by Gasteiger charge is -2.12. The third-order valence-corrected chi connectivity index (χ3v) is 2.30. The maximum Gasteiger partial charge on any atom is 0.183 e. The predicted molar refractivity (Wildman–Crippen MR) is 64.7 cm³/mol. The number of benzene rings is 1. The zero-order valence-corrected chi connectivity index (χ0v) is 9.74. The molecular weight excluding hydrogens is 262 g/mol. The molecule has 0 aromatic heterocycles. The van der Waals surface area contributed by atoms with E-state index < -0.39 is 22.1 Å². The molecule has 0 aliphatic heterocycles. The molecule has 0 aliphatic rings. The van der Waals surface area contributed by atoms with Crippen LogP contribution < -0.4 is 10.2 Å². The quantitative estimate of drug-likeness (QED) is 0.473. The predicted octanol–water partition coefficient (Wildman–Crippen LogP) is 2.80. The SMILES string of the molecule is COc1c(N=O)c(C)c(N=O)c(N[N+](=O)[O-])c1N=O. The van der Waals surface area contributed by atoms with E-state index in [1.807, 2.05) is 0 Å². The van der Waals surface area contributed by atoms with Gasteiger partial charge in [-0.3, -0.25) is 0 Å². The van der Waals surface area contributed by atoms with Gasteiger partial charge in [0.25, 0.3) is 0 Å². The Morgan fingerprint density at radius 1 is 1.11 bits per heavy atom. The maximum atomic E-state index is 10.8. The van der Waals surface area contributed by atoms with Crippen molar-refractivity contribution in [3.8, 4) is 5.75 Å². The molecule has 11 nitrogen and oxygen atoms in total. The number of hydrogen-bond acceptors (Lipinski definition) is 9. The minimum atomic E-state index is -1.01. The van der Waals surface area contributed by atoms with Gasteiger partial charge >= 0.3 is 0 Å². The van der Waals surface area contributed by atoms with Crippen LogP contribution in [0.15, 0.2) is 15.5 Å². The first-order valence-corrected chi connectivity index (χ1v) is 4.67. The van der Waals surface area contributed by atoms with Crippen molar-refractivity contribution in [2.45, 2.75) is 6.92 Å². The molecule has 0 heterocycles. The summed E-state index contributed by atoms with van der Waals surface area (Å²) in [4.78, 5) is 42.6. The van der Waals surface area contributed by atoms with Crippen LogP contribution in [0.1, 0.15) is 5.56 Å². The van der Waals surface area contributed by atoms with Crippen molar-refractivity contribution in [3.05, 3.63) is 30.4 Å². The number of hydrazine groups is 1. The number of rotatable bonds is 6. The van der Waals surface area contributed by atoms with E-state index in [2.05, 4.69) is 15.5 Å². The Bertz CT molecular complexity index is 571. The van der Waals surface area contributed by atoms with Gasteiger partial charge in [-0.15, -0.1) is 20.1 Å². The van der Waals surface area contributed by atoms with Gasteiger partial charge in [0.15, 0.2) is 27.8 Å². The van der Waals surface area contributed by atoms with Crippen LogP contribution in [0.25, 0.3) is 0 Å². The maximum absolute atomic E-state index is 10.8. The minimum Gasteiger partial charge on any atom is -0.492 e. The van der Waals surface area contributed by atoms with E-state index in [0.717, 1.165) is 7.11 Å². The second-order valence-electron chi connectivity index (χ2n) is 3.22. The Kier molecular flexibility index (Phi) is 4.13. The fourth-order valence-electron chi connectivity index (χ4n) is 1.51. The van der Waals surface area contributed by atoms with Crippen molar-refractivity contribution in [1.82, 2.24) is 0 Å². The topological polar surface area (TPSA) is 153 Å². The van der Waals surface area contributed by atoms with Crippen LogP contribution in [0.5, 0.6) is 5.75 Å². The van der Waals surface area contributed by atoms with E-state index >= 15 is 0 Å². The Morgan fingerprint density at radius 3 is 2.00 bits per heavy atom. The smallest absolute Gasteiger partial charge is 0.183 e. The van der Waals surface area contributed by atoms with Gasteiger partial charge in [0.2, 0.25) is 0 Å². The molecular formula is C8H7N5O6. The summed E-state index contributed by atoms with van der Waals surface area (Å²) >= 11 is 0. The molecule has 0 aliphatic carbocycles. The molecule has 0 unspecified atom stereocenters. The molecule has 0 spiro atoms. The van der Waals surface area contributed by atoms with Crippen molar-refractivity contribution >= 4 is 22.7 Å². The first kappa shape index (κ1) is 14.1. The van der Waals surface area contributed by atoms with Crippen molar-refractivity contribution in [1.29, 1.82) is 0 Å². The number of ether oxygens (including phenoxy) is 1. The molecule has 0 radical (unpaired) electrons. The zero-order chi connectivity index (χ0) is 14.6. The normalized spacial score (nSPS) is 9.58. The number of anilines is 1. The van der Waals surface area contributed by atoms with Gasteiger partial charge in [0.1, 0.15) is 5.69 Å². The molecule has 11 heteroatoms. The highest BCUT2D eigenvalue weighted by Gasteiger charge is 2.27. The average molecular weight is 269 g/mol. The number of nitrogens with one attached hydrogen (secondary N) is 1. The van der Waals surface area contributed by atoms with Gasteiger partial charge in [-0.25, -0.2) is 10.1 Å². The third-order valence-electron chi connectivity index (χ3n) is 2.30. The van der Waals surface area contributed by atoms with Crippen molar-refractivity contribution in [2.24, 2.45) is 15.5 Å². The van der Waals surface area contributed by atoms with Crippen molar-refractivity contribution in [2.75, 3.05) is 12.5 Å². The molecule has 1 N–H and O–H groups in total. The molecule has 0 saturated carbocycles. The molecule has 19 heavy (non-hydrogen) atoms. The lowest BCUT2D eigenvalue weighted by molar-refractivity contribution is -0.445. The van der Waals surface area contributed by atoms with Crippen molar-refractivity contribution in [3.63, 3.8) is 0 Å². The summed E-state index contributed by atoms with van der Waals surface area (Å²) in [5.41, 5.74) is -0.525. The second kappa shape index (κ2) is 5.57. The fourth-order valence-corrected chi connectivity index (χ4v) is 1.51. The number of hydrogen-bond donors (Lipinski definition) is 1. The van der Waals surface area contributed by atoms with Crippen LogP contribution >= 0.6 is 0 Å². The summed E-state index contributed by atoms with van der Waals surface area (Å²) < 4.78 is 4.77. The molecule has 1 aromatic carbocycles. The van der Waals surface area contributed by atoms with Crippen LogP contribution in [0.2, 0.25) is 0 Å². The Labute approximate surface area is 105 Å². The first-order chi connectivity index (χ1) is 9.01. The van der Waals surface area contributed by atoms with E-state index in [-0.39, 0.29) is 17.0 Å². The van der Waals surface area contributed by atoms with Crippen LogP contribution in [0.4, 0.5) is 22.7 Å². The van der Waals surface area contributed by atoms with Gasteiger partial charge in [0, 0.05) is 5.56 Å². The molecule has 0 atom stereocenters. The summed E-state index contributed by atoms with van der Waals surface area (Å²) in [6.45, 7) is 1.27. The molecule has 0 fully saturated rings. The van der Waals surface area contributed by atoms with Gasteiger partial charge in [0.05, 0.1) is 7.11 Å². The van der Waals surface area contributed by atoms with E-state index in [0.29, 0.717) is 0 Å². The fraction of sp³-hybridized carbons (Fsp3) is 0.250. The lowest BCUT2D eigenvalue weighted by atomic mass is 10.1. The summed E-state index contributed by atoms with van der Waals surface area (Å²) in [5, 5.41) is 17.1. The molecule has 0 bridgehead atoms. The summed E-state index contributed by atoms with van der Waals surface area (Å²) in [6.07, 6.45) is 0. The Hall–Kier alpha value is -2.98. The standard InChI is InChI=1S/C8H7N5O6/c1-3-4(10-14)6(9-13(17)18)7(12-16)8(19-2)5(3)11-15/h9H,1-2H3. The average Bonchev–Trinajstić information content (AvgIpc) is 2.37. The van der Waals surface area contributed by atoms with E-state index in [1.54, 1.807) is 5.43 Å². The van der Waals surface area contributed by atoms with E-state index in [9.17, 15) is 24.8 Å². The number of methoxy groups -OCH3 is 1. The Balaban J connectivity index is 3.82. The Morgan fingerprint density at radius 2 is 1.63 bits per heavy atom. The molecule has 100 valence electrons. The summed E-state index contributed by atoms with van der Waals surface area (Å²) in [5.74, 6) is -0.376. The summed E-state index contributed by atoms with van der Waals surface area (Å²) in [7, 11) is 1.11. The number of nitroso groups, excluding NO2 is 3. The molecule has 1 aromatic rings. The van der Waals surface area contributed by atoms with Crippen LogP contribution in [0.3, 0.4) is 0 Å². The molecule has 0 saturated heterocycles. The lowest BCUT2D eigenvalue weighted by Crippen LogP contribution is -2.09. The largest absolute Gasteiger partial charge is 0.492 e. The van der Waals surface area contributed by atoms with Crippen LogP contribution in [-0.4, -0.2) is 12.1 Å². The number of nitrogens with zero attached hydrogens (tertiary/aromatic N) is 4. The monoisotopic (exact) mass is 269 g/mol. The molecule has 1 rings (SSSR count). The highest BCUT2D eigenvalue weighted by atomic mass is 16.7. The van der Waals surface area contributed by atoms with Gasteiger partial charge in [-0.2, -0.15) is 0 Å². The highest BCUT2D eigenvalue weighted by molar-refractivity contribution is 5.91. The van der Waals surface area contributed by atoms with E-state index in [1.165, 1.54) is 6.92 Å². The van der Waals surface area contributed by atoms with Gasteiger partial charge in [-0.05, 0) is 22.5 Å². The van der Waals surface area contributed by atoms with E-state index in [4.69, 9.17) is 4.74 Å². The summed E-state index contributed by atoms with van der Waals surface area (Å²) in [6, 6.07) is 0. The number of nitro groups is 1. The highest BCUT2D eigenvalue weighted by Crippen LogP contribution is 2.51. The zero-order valence-electron chi connectivity index (χ0n) is 9.74. The third kappa shape index (κ3) is 2.34. The van der Waals surface area contributed by atoms with Gasteiger partial charge < -0.3 is 4.74 Å².